The number of nitrogens with zero attached hydrogens (tertiary/aromatic N) is 1. The molecule has 0 aliphatic heterocycles. The SMILES string of the molecule is CCN(c1cc(-c2ccc(OCCOC)cc2)cc(C(=O)NCc2c(C)cc(C)[nH]c2=O)c1C)C1CCC(NC(=O)O)CC1. The Hall–Kier alpha value is -4.31. The van der Waals surface area contributed by atoms with Crippen molar-refractivity contribution < 1.29 is 24.2 Å². The van der Waals surface area contributed by atoms with E-state index < -0.39 is 6.09 Å². The summed E-state index contributed by atoms with van der Waals surface area (Å²) in [6.45, 7) is 9.57. The van der Waals surface area contributed by atoms with E-state index in [2.05, 4.69) is 33.5 Å². The van der Waals surface area contributed by atoms with Crippen molar-refractivity contribution >= 4 is 17.7 Å². The second kappa shape index (κ2) is 14.9. The zero-order valence-electron chi connectivity index (χ0n) is 26.3. The average molecular weight is 605 g/mol. The molecular weight excluding hydrogens is 560 g/mol. The fraction of sp³-hybridized carbons (Fsp3) is 0.441. The van der Waals surface area contributed by atoms with Gasteiger partial charge in [0.05, 0.1) is 6.61 Å². The van der Waals surface area contributed by atoms with Crippen LogP contribution in [0.3, 0.4) is 0 Å². The molecule has 2 aromatic carbocycles. The first kappa shape index (κ1) is 32.6. The highest BCUT2D eigenvalue weighted by molar-refractivity contribution is 5.99. The summed E-state index contributed by atoms with van der Waals surface area (Å²) in [7, 11) is 1.63. The molecule has 10 nitrogen and oxygen atoms in total. The Morgan fingerprint density at radius 3 is 2.32 bits per heavy atom. The number of methoxy groups -OCH3 is 1. The van der Waals surface area contributed by atoms with Gasteiger partial charge in [-0.3, -0.25) is 9.59 Å². The molecule has 4 N–H and O–H groups in total. The maximum Gasteiger partial charge on any atom is 0.404 e. The van der Waals surface area contributed by atoms with E-state index in [1.807, 2.05) is 57.2 Å². The van der Waals surface area contributed by atoms with Crippen LogP contribution in [0.2, 0.25) is 0 Å². The predicted octanol–water partition coefficient (Wildman–Crippen LogP) is 5.33. The Morgan fingerprint density at radius 2 is 1.70 bits per heavy atom. The maximum absolute atomic E-state index is 13.8. The smallest absolute Gasteiger partial charge is 0.404 e. The number of nitrogens with one attached hydrogen (secondary N) is 3. The Kier molecular flexibility index (Phi) is 11.1. The molecule has 44 heavy (non-hydrogen) atoms. The number of aromatic nitrogens is 1. The van der Waals surface area contributed by atoms with Gasteiger partial charge in [-0.2, -0.15) is 0 Å². The number of ether oxygens (including phenoxy) is 2. The monoisotopic (exact) mass is 604 g/mol. The normalized spacial score (nSPS) is 16.3. The highest BCUT2D eigenvalue weighted by Gasteiger charge is 2.28. The van der Waals surface area contributed by atoms with Crippen LogP contribution in [0, 0.1) is 20.8 Å². The van der Waals surface area contributed by atoms with Crippen molar-refractivity contribution in [2.24, 2.45) is 0 Å². The summed E-state index contributed by atoms with van der Waals surface area (Å²) in [6, 6.07) is 13.9. The Balaban J connectivity index is 1.67. The minimum Gasteiger partial charge on any atom is -0.491 e. The van der Waals surface area contributed by atoms with Gasteiger partial charge in [0.15, 0.2) is 0 Å². The van der Waals surface area contributed by atoms with Gasteiger partial charge in [-0.15, -0.1) is 0 Å². The molecule has 0 unspecified atom stereocenters. The molecular formula is C34H44N4O6. The Morgan fingerprint density at radius 1 is 1.00 bits per heavy atom. The molecule has 2 amide bonds. The fourth-order valence-corrected chi connectivity index (χ4v) is 6.08. The molecule has 0 bridgehead atoms. The number of rotatable bonds is 12. The van der Waals surface area contributed by atoms with E-state index in [4.69, 9.17) is 14.6 Å². The van der Waals surface area contributed by atoms with Crippen molar-refractivity contribution in [2.45, 2.75) is 72.0 Å². The second-order valence-corrected chi connectivity index (χ2v) is 11.4. The van der Waals surface area contributed by atoms with Crippen molar-refractivity contribution in [2.75, 3.05) is 31.8 Å². The molecule has 0 saturated heterocycles. The van der Waals surface area contributed by atoms with E-state index in [0.29, 0.717) is 24.3 Å². The van der Waals surface area contributed by atoms with Gasteiger partial charge in [-0.25, -0.2) is 4.79 Å². The summed E-state index contributed by atoms with van der Waals surface area (Å²) in [6.07, 6.45) is 2.21. The number of aryl methyl sites for hydroxylation is 2. The number of hydrogen-bond acceptors (Lipinski definition) is 6. The number of carbonyl (C=O) groups excluding carboxylic acids is 1. The van der Waals surface area contributed by atoms with Crippen LogP contribution >= 0.6 is 0 Å². The predicted molar refractivity (Wildman–Crippen MR) is 172 cm³/mol. The van der Waals surface area contributed by atoms with Crippen LogP contribution in [0.15, 0.2) is 47.3 Å². The van der Waals surface area contributed by atoms with E-state index >= 15 is 0 Å². The molecule has 1 fully saturated rings. The number of amides is 2. The first-order valence-electron chi connectivity index (χ1n) is 15.2. The number of carbonyl (C=O) groups is 2. The molecule has 0 atom stereocenters. The molecule has 3 aromatic rings. The lowest BCUT2D eigenvalue weighted by Gasteiger charge is -2.39. The summed E-state index contributed by atoms with van der Waals surface area (Å²) < 4.78 is 10.8. The third kappa shape index (κ3) is 7.99. The molecule has 236 valence electrons. The summed E-state index contributed by atoms with van der Waals surface area (Å²) in [5.74, 6) is 0.478. The lowest BCUT2D eigenvalue weighted by molar-refractivity contribution is 0.0950. The van der Waals surface area contributed by atoms with Crippen LogP contribution in [0.25, 0.3) is 11.1 Å². The number of pyridine rings is 1. The fourth-order valence-electron chi connectivity index (χ4n) is 6.08. The number of anilines is 1. The van der Waals surface area contributed by atoms with E-state index in [0.717, 1.165) is 71.6 Å². The number of carboxylic acid groups (broad SMARTS) is 1. The van der Waals surface area contributed by atoms with Crippen molar-refractivity contribution in [1.29, 1.82) is 0 Å². The quantitative estimate of drug-likeness (QED) is 0.206. The first-order chi connectivity index (χ1) is 21.1. The molecule has 0 radical (unpaired) electrons. The lowest BCUT2D eigenvalue weighted by atomic mass is 9.88. The third-order valence-electron chi connectivity index (χ3n) is 8.40. The van der Waals surface area contributed by atoms with Gasteiger partial charge in [-0.1, -0.05) is 12.1 Å². The van der Waals surface area contributed by atoms with Crippen LogP contribution < -0.4 is 25.8 Å². The summed E-state index contributed by atoms with van der Waals surface area (Å²) in [5.41, 5.74) is 6.13. The topological polar surface area (TPSA) is 133 Å². The zero-order chi connectivity index (χ0) is 31.8. The van der Waals surface area contributed by atoms with Gasteiger partial charge in [-0.05, 0) is 106 Å². The molecule has 1 aliphatic rings. The van der Waals surface area contributed by atoms with Crippen LogP contribution in [0.1, 0.15) is 65.3 Å². The van der Waals surface area contributed by atoms with Crippen LogP contribution in [-0.4, -0.2) is 61.0 Å². The van der Waals surface area contributed by atoms with E-state index in [-0.39, 0.29) is 30.1 Å². The summed E-state index contributed by atoms with van der Waals surface area (Å²) in [4.78, 5) is 42.7. The van der Waals surface area contributed by atoms with E-state index in [9.17, 15) is 14.4 Å². The minimum atomic E-state index is -0.988. The average Bonchev–Trinajstić information content (AvgIpc) is 2.98. The summed E-state index contributed by atoms with van der Waals surface area (Å²) >= 11 is 0. The van der Waals surface area contributed by atoms with Gasteiger partial charge in [0.2, 0.25) is 0 Å². The highest BCUT2D eigenvalue weighted by atomic mass is 16.5. The van der Waals surface area contributed by atoms with Gasteiger partial charge in [0.1, 0.15) is 12.4 Å². The molecule has 0 spiro atoms. The number of H-pyrrole nitrogens is 1. The summed E-state index contributed by atoms with van der Waals surface area (Å²) in [5, 5.41) is 14.8. The number of benzene rings is 2. The van der Waals surface area contributed by atoms with E-state index in [1.165, 1.54) is 0 Å². The molecule has 1 saturated carbocycles. The van der Waals surface area contributed by atoms with Crippen molar-refractivity contribution in [1.82, 2.24) is 15.6 Å². The molecule has 10 heteroatoms. The van der Waals surface area contributed by atoms with Gasteiger partial charge in [0.25, 0.3) is 11.5 Å². The first-order valence-corrected chi connectivity index (χ1v) is 15.2. The number of aromatic amines is 1. The standard InChI is InChI=1S/C34H44N4O6/c1-6-38(27-11-9-26(10-12-27)37-34(41)42)31-19-25(24-7-13-28(14-8-24)44-16-15-43-5)18-29(23(31)4)32(39)35-20-30-21(2)17-22(3)36-33(30)40/h7-8,13-14,17-19,26-27,37H,6,9-12,15-16,20H2,1-5H3,(H,35,39)(H,36,40)(H,41,42). The van der Waals surface area contributed by atoms with Crippen LogP contribution in [0.4, 0.5) is 10.5 Å². The van der Waals surface area contributed by atoms with Gasteiger partial charge < -0.3 is 35.1 Å². The lowest BCUT2D eigenvalue weighted by Crippen LogP contribution is -2.44. The van der Waals surface area contributed by atoms with Crippen molar-refractivity contribution in [3.8, 4) is 16.9 Å². The number of hydrogen-bond donors (Lipinski definition) is 4. The van der Waals surface area contributed by atoms with Crippen molar-refractivity contribution in [3.63, 3.8) is 0 Å². The van der Waals surface area contributed by atoms with Crippen LogP contribution in [0.5, 0.6) is 5.75 Å². The largest absolute Gasteiger partial charge is 0.491 e. The molecule has 1 aromatic heterocycles. The van der Waals surface area contributed by atoms with Crippen molar-refractivity contribution in [3.05, 3.63) is 80.8 Å². The van der Waals surface area contributed by atoms with Crippen LogP contribution in [-0.2, 0) is 11.3 Å². The third-order valence-corrected chi connectivity index (χ3v) is 8.40. The van der Waals surface area contributed by atoms with E-state index in [1.54, 1.807) is 7.11 Å². The molecule has 1 aliphatic carbocycles. The maximum atomic E-state index is 13.8. The van der Waals surface area contributed by atoms with Gasteiger partial charge >= 0.3 is 6.09 Å². The zero-order valence-corrected chi connectivity index (χ0v) is 26.3. The second-order valence-electron chi connectivity index (χ2n) is 11.4. The highest BCUT2D eigenvalue weighted by Crippen LogP contribution is 2.35. The molecule has 1 heterocycles. The Labute approximate surface area is 258 Å². The van der Waals surface area contributed by atoms with Gasteiger partial charge in [0, 0.05) is 54.8 Å². The Bertz CT molecular complexity index is 1510. The minimum absolute atomic E-state index is 0.0470. The molecule has 4 rings (SSSR count).